The summed E-state index contributed by atoms with van der Waals surface area (Å²) in [5.74, 6) is 0. The van der Waals surface area contributed by atoms with Crippen molar-refractivity contribution >= 4 is 39.6 Å². The smallest absolute Gasteiger partial charge is 0.101 e. The molecule has 96 valence electrons. The number of thiophene rings is 1. The summed E-state index contributed by atoms with van der Waals surface area (Å²) in [5, 5.41) is 12.7. The Morgan fingerprint density at radius 3 is 3.05 bits per heavy atom. The number of halogens is 1. The molecule has 0 fully saturated rings. The van der Waals surface area contributed by atoms with Crippen LogP contribution in [0.1, 0.15) is 34.9 Å². The third-order valence-electron chi connectivity index (χ3n) is 3.46. The van der Waals surface area contributed by atoms with Crippen LogP contribution in [-0.2, 0) is 6.42 Å². The Hall–Kier alpha value is -1.06. The maximum atomic E-state index is 9.16. The van der Waals surface area contributed by atoms with E-state index in [1.807, 2.05) is 35.6 Å². The van der Waals surface area contributed by atoms with E-state index in [0.29, 0.717) is 6.04 Å². The van der Waals surface area contributed by atoms with Crippen LogP contribution in [0.25, 0.3) is 0 Å². The zero-order chi connectivity index (χ0) is 13.2. The molecule has 0 spiro atoms. The molecule has 1 aliphatic carbocycles. The minimum absolute atomic E-state index is 0.345. The number of nitrogens with one attached hydrogen (secondary N) is 1. The van der Waals surface area contributed by atoms with Crippen molar-refractivity contribution in [3.8, 4) is 6.07 Å². The molecule has 0 saturated carbocycles. The van der Waals surface area contributed by atoms with Gasteiger partial charge in [0, 0.05) is 4.88 Å². The van der Waals surface area contributed by atoms with E-state index >= 15 is 0 Å². The molecule has 1 aromatic carbocycles. The quantitative estimate of drug-likeness (QED) is 0.766. The summed E-state index contributed by atoms with van der Waals surface area (Å²) in [7, 11) is 0. The number of aryl methyl sites for hydroxylation is 1. The fraction of sp³-hybridized carbons (Fsp3) is 0.267. The normalized spacial score (nSPS) is 17.6. The first kappa shape index (κ1) is 12.9. The minimum atomic E-state index is 0.345. The topological polar surface area (TPSA) is 35.8 Å². The third kappa shape index (κ3) is 2.63. The first-order chi connectivity index (χ1) is 9.28. The van der Waals surface area contributed by atoms with Crippen LogP contribution in [0.2, 0.25) is 0 Å². The standard InChI is InChI=1S/C15H13IN2S/c16-15-8-11-13(6-3-7-14(11)19-15)18-12-5-2-1-4-10(12)9-17/h1-2,4-5,8,13,18H,3,6-7H2. The number of nitriles is 1. The van der Waals surface area contributed by atoms with Crippen molar-refractivity contribution in [1.29, 1.82) is 5.26 Å². The number of benzene rings is 1. The predicted molar refractivity (Wildman–Crippen MR) is 87.5 cm³/mol. The highest BCUT2D eigenvalue weighted by molar-refractivity contribution is 14.1. The molecule has 0 saturated heterocycles. The van der Waals surface area contributed by atoms with E-state index in [2.05, 4.69) is 40.0 Å². The average Bonchev–Trinajstić information content (AvgIpc) is 2.81. The lowest BCUT2D eigenvalue weighted by atomic mass is 9.93. The summed E-state index contributed by atoms with van der Waals surface area (Å²) >= 11 is 4.29. The van der Waals surface area contributed by atoms with Crippen LogP contribution in [0, 0.1) is 14.2 Å². The van der Waals surface area contributed by atoms with E-state index in [0.717, 1.165) is 17.7 Å². The van der Waals surface area contributed by atoms with Crippen molar-refractivity contribution in [3.05, 3.63) is 49.2 Å². The fourth-order valence-corrected chi connectivity index (χ4v) is 4.69. The van der Waals surface area contributed by atoms with Gasteiger partial charge in [0.25, 0.3) is 0 Å². The molecule has 2 aromatic rings. The number of nitrogens with zero attached hydrogens (tertiary/aromatic N) is 1. The van der Waals surface area contributed by atoms with Crippen molar-refractivity contribution in [1.82, 2.24) is 0 Å². The second-order valence-electron chi connectivity index (χ2n) is 4.68. The minimum Gasteiger partial charge on any atom is -0.377 e. The molecule has 1 aliphatic rings. The van der Waals surface area contributed by atoms with Crippen LogP contribution in [0.5, 0.6) is 0 Å². The summed E-state index contributed by atoms with van der Waals surface area (Å²) in [4.78, 5) is 1.50. The van der Waals surface area contributed by atoms with Gasteiger partial charge in [-0.2, -0.15) is 5.26 Å². The second kappa shape index (κ2) is 5.51. The highest BCUT2D eigenvalue weighted by Crippen LogP contribution is 2.38. The molecule has 1 atom stereocenters. The van der Waals surface area contributed by atoms with Crippen LogP contribution >= 0.6 is 33.9 Å². The molecule has 3 rings (SSSR count). The lowest BCUT2D eigenvalue weighted by Crippen LogP contribution is -2.16. The third-order valence-corrected chi connectivity index (χ3v) is 5.43. The van der Waals surface area contributed by atoms with Gasteiger partial charge in [-0.1, -0.05) is 12.1 Å². The highest BCUT2D eigenvalue weighted by Gasteiger charge is 2.23. The SMILES string of the molecule is N#Cc1ccccc1NC1CCCc2sc(I)cc21. The zero-order valence-electron chi connectivity index (χ0n) is 10.3. The number of fused-ring (bicyclic) bond motifs is 1. The van der Waals surface area contributed by atoms with Crippen LogP contribution in [0.4, 0.5) is 5.69 Å². The second-order valence-corrected chi connectivity index (χ2v) is 7.71. The molecule has 1 unspecified atom stereocenters. The summed E-state index contributed by atoms with van der Waals surface area (Å²) in [6.07, 6.45) is 3.55. The molecule has 0 radical (unpaired) electrons. The van der Waals surface area contributed by atoms with E-state index in [-0.39, 0.29) is 0 Å². The molecule has 0 bridgehead atoms. The number of hydrogen-bond acceptors (Lipinski definition) is 3. The van der Waals surface area contributed by atoms with Crippen molar-refractivity contribution in [2.24, 2.45) is 0 Å². The Morgan fingerprint density at radius 2 is 2.21 bits per heavy atom. The molecule has 1 aromatic heterocycles. The van der Waals surface area contributed by atoms with E-state index < -0.39 is 0 Å². The van der Waals surface area contributed by atoms with Crippen molar-refractivity contribution in [2.75, 3.05) is 5.32 Å². The van der Waals surface area contributed by atoms with Gasteiger partial charge in [0.15, 0.2) is 0 Å². The van der Waals surface area contributed by atoms with Gasteiger partial charge in [0.2, 0.25) is 0 Å². The Labute approximate surface area is 130 Å². The first-order valence-corrected chi connectivity index (χ1v) is 8.21. The van der Waals surface area contributed by atoms with E-state index in [1.54, 1.807) is 0 Å². The summed E-state index contributed by atoms with van der Waals surface area (Å²) in [5.41, 5.74) is 3.09. The molecular formula is C15H13IN2S. The van der Waals surface area contributed by atoms with Gasteiger partial charge in [-0.3, -0.25) is 0 Å². The predicted octanol–water partition coefficient (Wildman–Crippen LogP) is 4.71. The number of anilines is 1. The van der Waals surface area contributed by atoms with Crippen LogP contribution in [0.3, 0.4) is 0 Å². The maximum absolute atomic E-state index is 9.16. The van der Waals surface area contributed by atoms with Gasteiger partial charge in [0.1, 0.15) is 6.07 Å². The van der Waals surface area contributed by atoms with Gasteiger partial charge in [-0.05, 0) is 65.6 Å². The van der Waals surface area contributed by atoms with Crippen molar-refractivity contribution in [3.63, 3.8) is 0 Å². The Kier molecular flexibility index (Phi) is 3.76. The Bertz CT molecular complexity index is 642. The van der Waals surface area contributed by atoms with Gasteiger partial charge in [-0.25, -0.2) is 0 Å². The lowest BCUT2D eigenvalue weighted by Gasteiger charge is -2.25. The van der Waals surface area contributed by atoms with Gasteiger partial charge in [-0.15, -0.1) is 11.3 Å². The van der Waals surface area contributed by atoms with Crippen molar-refractivity contribution < 1.29 is 0 Å². The number of para-hydroxylation sites is 1. The molecule has 1 N–H and O–H groups in total. The molecule has 4 heteroatoms. The van der Waals surface area contributed by atoms with Crippen LogP contribution in [-0.4, -0.2) is 0 Å². The summed E-state index contributed by atoms with van der Waals surface area (Å²) in [6.45, 7) is 0. The van der Waals surface area contributed by atoms with E-state index in [1.165, 1.54) is 26.2 Å². The Balaban J connectivity index is 1.91. The van der Waals surface area contributed by atoms with Crippen LogP contribution in [0.15, 0.2) is 30.3 Å². The van der Waals surface area contributed by atoms with Gasteiger partial charge in [0.05, 0.1) is 20.2 Å². The fourth-order valence-electron chi connectivity index (χ4n) is 2.57. The average molecular weight is 380 g/mol. The first-order valence-electron chi connectivity index (χ1n) is 6.31. The lowest BCUT2D eigenvalue weighted by molar-refractivity contribution is 0.608. The monoisotopic (exact) mass is 380 g/mol. The molecular weight excluding hydrogens is 367 g/mol. The molecule has 0 amide bonds. The van der Waals surface area contributed by atoms with E-state index in [9.17, 15) is 0 Å². The van der Waals surface area contributed by atoms with Crippen molar-refractivity contribution in [2.45, 2.75) is 25.3 Å². The largest absolute Gasteiger partial charge is 0.377 e. The van der Waals surface area contributed by atoms with Crippen LogP contribution < -0.4 is 5.32 Å². The number of hydrogen-bond donors (Lipinski definition) is 1. The zero-order valence-corrected chi connectivity index (χ0v) is 13.3. The summed E-state index contributed by atoms with van der Waals surface area (Å²) in [6, 6.07) is 12.6. The van der Waals surface area contributed by atoms with E-state index in [4.69, 9.17) is 5.26 Å². The van der Waals surface area contributed by atoms with Gasteiger partial charge < -0.3 is 5.32 Å². The molecule has 2 nitrogen and oxygen atoms in total. The highest BCUT2D eigenvalue weighted by atomic mass is 127. The molecule has 19 heavy (non-hydrogen) atoms. The van der Waals surface area contributed by atoms with Gasteiger partial charge >= 0.3 is 0 Å². The maximum Gasteiger partial charge on any atom is 0.101 e. The molecule has 1 heterocycles. The Morgan fingerprint density at radius 1 is 1.37 bits per heavy atom. The number of rotatable bonds is 2. The molecule has 0 aliphatic heterocycles. The summed E-state index contributed by atoms with van der Waals surface area (Å²) < 4.78 is 1.35.